The van der Waals surface area contributed by atoms with Gasteiger partial charge in [-0.3, -0.25) is 0 Å². The van der Waals surface area contributed by atoms with Gasteiger partial charge >= 0.3 is 0 Å². The van der Waals surface area contributed by atoms with E-state index in [0.717, 1.165) is 5.25 Å². The molecule has 0 bridgehead atoms. The van der Waals surface area contributed by atoms with Gasteiger partial charge in [0.15, 0.2) is 0 Å². The van der Waals surface area contributed by atoms with Gasteiger partial charge in [-0.2, -0.15) is 11.8 Å². The van der Waals surface area contributed by atoms with Crippen LogP contribution in [0, 0.1) is 23.7 Å². The van der Waals surface area contributed by atoms with Crippen molar-refractivity contribution in [2.24, 2.45) is 23.7 Å². The first-order valence-electron chi connectivity index (χ1n) is 20.3. The number of anilines is 1. The third-order valence-corrected chi connectivity index (χ3v) is 17.2. The summed E-state index contributed by atoms with van der Waals surface area (Å²) in [7, 11) is 0. The van der Waals surface area contributed by atoms with E-state index in [0.29, 0.717) is 41.0 Å². The van der Waals surface area contributed by atoms with E-state index in [2.05, 4.69) is 156 Å². The van der Waals surface area contributed by atoms with Crippen LogP contribution in [-0.2, 0) is 5.41 Å². The third kappa shape index (κ3) is 4.77. The molecule has 5 aliphatic carbocycles. The van der Waals surface area contributed by atoms with Gasteiger partial charge in [-0.05, 0) is 109 Å². The molecule has 3 fully saturated rings. The van der Waals surface area contributed by atoms with Gasteiger partial charge in [-0.25, -0.2) is 0 Å². The molecule has 9 atom stereocenters. The maximum atomic E-state index is 2.83. The van der Waals surface area contributed by atoms with Crippen LogP contribution in [0.25, 0.3) is 5.57 Å². The minimum absolute atomic E-state index is 0.0116. The van der Waals surface area contributed by atoms with Crippen LogP contribution in [0.15, 0.2) is 148 Å². The van der Waals surface area contributed by atoms with Crippen molar-refractivity contribution < 1.29 is 0 Å². The first kappa shape index (κ1) is 32.1. The molecular formula is C49H49NS2. The Bertz CT molecular complexity index is 2080. The highest BCUT2D eigenvalue weighted by atomic mass is 32.2. The lowest BCUT2D eigenvalue weighted by Gasteiger charge is -2.60. The Kier molecular flexibility index (Phi) is 7.94. The van der Waals surface area contributed by atoms with Crippen molar-refractivity contribution in [1.29, 1.82) is 0 Å². The van der Waals surface area contributed by atoms with Crippen molar-refractivity contribution in [2.75, 3.05) is 4.90 Å². The molecule has 3 aliphatic heterocycles. The summed E-state index contributed by atoms with van der Waals surface area (Å²) in [4.78, 5) is 5.86. The zero-order chi connectivity index (χ0) is 34.2. The molecule has 1 saturated carbocycles. The molecule has 3 aromatic carbocycles. The fourth-order valence-corrected chi connectivity index (χ4v) is 15.6. The Morgan fingerprint density at radius 3 is 2.56 bits per heavy atom. The second-order valence-electron chi connectivity index (χ2n) is 16.6. The molecule has 3 heterocycles. The lowest BCUT2D eigenvalue weighted by atomic mass is 9.52. The predicted octanol–water partition coefficient (Wildman–Crippen LogP) is 12.5. The molecule has 11 rings (SSSR count). The van der Waals surface area contributed by atoms with Crippen LogP contribution in [0.3, 0.4) is 0 Å². The number of benzene rings is 3. The van der Waals surface area contributed by atoms with E-state index in [4.69, 9.17) is 0 Å². The van der Waals surface area contributed by atoms with E-state index in [1.165, 1.54) is 85.9 Å². The minimum Gasteiger partial charge on any atom is -0.361 e. The van der Waals surface area contributed by atoms with Crippen LogP contribution in [-0.4, -0.2) is 22.6 Å². The molecule has 0 amide bonds. The Morgan fingerprint density at radius 1 is 0.750 bits per heavy atom. The van der Waals surface area contributed by atoms with Gasteiger partial charge in [0.1, 0.15) is 0 Å². The average molecular weight is 716 g/mol. The smallest absolute Gasteiger partial charge is 0.0554 e. The van der Waals surface area contributed by atoms with Crippen molar-refractivity contribution in [1.82, 2.24) is 0 Å². The van der Waals surface area contributed by atoms with Crippen molar-refractivity contribution in [2.45, 2.75) is 102 Å². The first-order chi connectivity index (χ1) is 25.8. The molecule has 1 nitrogen and oxygen atoms in total. The number of para-hydroxylation sites is 1. The molecule has 52 heavy (non-hydrogen) atoms. The highest BCUT2D eigenvalue weighted by molar-refractivity contribution is 8.00. The summed E-state index contributed by atoms with van der Waals surface area (Å²) in [6, 6.07) is 29.5. The second-order valence-corrected chi connectivity index (χ2v) is 19.1. The van der Waals surface area contributed by atoms with Gasteiger partial charge in [0.25, 0.3) is 0 Å². The van der Waals surface area contributed by atoms with Crippen molar-refractivity contribution >= 4 is 34.8 Å². The molecule has 262 valence electrons. The normalized spacial score (nSPS) is 35.3. The van der Waals surface area contributed by atoms with Crippen molar-refractivity contribution in [3.63, 3.8) is 0 Å². The molecule has 3 heteroatoms. The quantitative estimate of drug-likeness (QED) is 0.249. The van der Waals surface area contributed by atoms with E-state index < -0.39 is 0 Å². The number of rotatable bonds is 3. The van der Waals surface area contributed by atoms with Crippen LogP contribution in [0.2, 0.25) is 0 Å². The lowest BCUT2D eigenvalue weighted by Crippen LogP contribution is -2.57. The molecule has 8 aliphatic rings. The van der Waals surface area contributed by atoms with Crippen LogP contribution in [0.1, 0.15) is 80.9 Å². The summed E-state index contributed by atoms with van der Waals surface area (Å²) < 4.78 is 0. The van der Waals surface area contributed by atoms with E-state index in [1.54, 1.807) is 27.2 Å². The van der Waals surface area contributed by atoms with Gasteiger partial charge in [-0.15, -0.1) is 0 Å². The summed E-state index contributed by atoms with van der Waals surface area (Å²) in [5.74, 6) is 2.09. The standard InChI is InChI=1S/C49H49NS2/c1-3-15-32(16-4-1)33-29-30-46-41(31-33)49(38-22-8-11-27-44(38)51-46)39-23-9-12-28-45(39)52-48-36(21-13-24-40(48)49)35-20-14-26-43-47(35)37-19-7-10-25-42(37)50(43)34-17-5-2-6-18-34/h2-3,5-7,9,12-21,23-24,26,28,31,37-38,41-44,46-47H,1,4,8,10-11,22,25,27,29-30H2. The van der Waals surface area contributed by atoms with Gasteiger partial charge in [0.2, 0.25) is 0 Å². The SMILES string of the molecule is C1=CC2C(C(c3cccc4c3Sc3ccccc3C43C4C=C(C5=CCCC=C5)CCC4SC4CCCCC43)=C1)C1C=CCCC1N2c1ccccc1. The monoisotopic (exact) mass is 715 g/mol. The fraction of sp³-hybridized carbons (Fsp3) is 0.388. The summed E-state index contributed by atoms with van der Waals surface area (Å²) in [5, 5.41) is 1.39. The highest BCUT2D eigenvalue weighted by Crippen LogP contribution is 2.67. The predicted molar refractivity (Wildman–Crippen MR) is 221 cm³/mol. The molecule has 3 aromatic rings. The second kappa shape index (κ2) is 12.9. The van der Waals surface area contributed by atoms with E-state index >= 15 is 0 Å². The maximum absolute atomic E-state index is 2.83. The van der Waals surface area contributed by atoms with E-state index in [1.807, 2.05) is 0 Å². The first-order valence-corrected chi connectivity index (χ1v) is 22.1. The number of hydrogen-bond donors (Lipinski definition) is 0. The van der Waals surface area contributed by atoms with Crippen LogP contribution >= 0.6 is 23.5 Å². The number of hydrogen-bond acceptors (Lipinski definition) is 3. The van der Waals surface area contributed by atoms with Gasteiger partial charge in [0, 0.05) is 55.2 Å². The molecule has 1 spiro atoms. The topological polar surface area (TPSA) is 3.24 Å². The summed E-state index contributed by atoms with van der Waals surface area (Å²) >= 11 is 4.49. The summed E-state index contributed by atoms with van der Waals surface area (Å²) in [5.41, 5.74) is 10.8. The lowest BCUT2D eigenvalue weighted by molar-refractivity contribution is 0.168. The van der Waals surface area contributed by atoms with Gasteiger partial charge in [0.05, 0.1) is 6.04 Å². The molecule has 0 aromatic heterocycles. The van der Waals surface area contributed by atoms with E-state index in [-0.39, 0.29) is 5.41 Å². The Morgan fingerprint density at radius 2 is 1.63 bits per heavy atom. The fourth-order valence-electron chi connectivity index (χ4n) is 12.3. The summed E-state index contributed by atoms with van der Waals surface area (Å²) in [6.07, 6.45) is 35.5. The Labute approximate surface area is 319 Å². The number of allylic oxidation sites excluding steroid dienone is 9. The number of fused-ring (bicyclic) bond motifs is 11. The van der Waals surface area contributed by atoms with Crippen LogP contribution in [0.5, 0.6) is 0 Å². The molecule has 9 unspecified atom stereocenters. The maximum Gasteiger partial charge on any atom is 0.0554 e. The largest absolute Gasteiger partial charge is 0.361 e. The number of thioether (sulfide) groups is 1. The average Bonchev–Trinajstić information content (AvgIpc) is 3.56. The van der Waals surface area contributed by atoms with Gasteiger partial charge < -0.3 is 4.90 Å². The van der Waals surface area contributed by atoms with Gasteiger partial charge in [-0.1, -0.05) is 134 Å². The Balaban J connectivity index is 1.11. The van der Waals surface area contributed by atoms with Crippen molar-refractivity contribution in [3.8, 4) is 0 Å². The molecule has 0 radical (unpaired) electrons. The zero-order valence-electron chi connectivity index (χ0n) is 30.1. The highest BCUT2D eigenvalue weighted by Gasteiger charge is 2.60. The molecule has 0 N–H and O–H groups in total. The third-order valence-electron chi connectivity index (χ3n) is 14.2. The van der Waals surface area contributed by atoms with Crippen LogP contribution in [0.4, 0.5) is 5.69 Å². The molecule has 2 saturated heterocycles. The molecular weight excluding hydrogens is 667 g/mol. The number of nitrogens with zero attached hydrogens (tertiary/aromatic N) is 1. The van der Waals surface area contributed by atoms with Crippen LogP contribution < -0.4 is 4.90 Å². The zero-order valence-corrected chi connectivity index (χ0v) is 31.7. The van der Waals surface area contributed by atoms with Crippen molar-refractivity contribution in [3.05, 3.63) is 155 Å². The summed E-state index contributed by atoms with van der Waals surface area (Å²) in [6.45, 7) is 0. The minimum atomic E-state index is -0.0116. The Hall–Kier alpha value is -3.40. The van der Waals surface area contributed by atoms with E-state index in [9.17, 15) is 0 Å².